The van der Waals surface area contributed by atoms with Gasteiger partial charge < -0.3 is 9.53 Å². The fraction of sp³-hybridized carbons (Fsp3) is 0.0952. The zero-order chi connectivity index (χ0) is 16.4. The van der Waals surface area contributed by atoms with Crippen molar-refractivity contribution in [3.05, 3.63) is 102 Å². The highest BCUT2D eigenvalue weighted by molar-refractivity contribution is 7.99. The van der Waals surface area contributed by atoms with Crippen molar-refractivity contribution >= 4 is 17.7 Å². The van der Waals surface area contributed by atoms with Gasteiger partial charge in [0.25, 0.3) is 5.60 Å². The third kappa shape index (κ3) is 2.51. The molecule has 2 nitrogen and oxygen atoms in total. The van der Waals surface area contributed by atoms with Gasteiger partial charge in [-0.05, 0) is 18.2 Å². The summed E-state index contributed by atoms with van der Waals surface area (Å²) >= 11 is 1.73. The van der Waals surface area contributed by atoms with Gasteiger partial charge in [-0.2, -0.15) is 0 Å². The molecule has 0 radical (unpaired) electrons. The number of cyclic esters (lactones) is 1. The molecule has 1 heterocycles. The molecule has 0 bridgehead atoms. The van der Waals surface area contributed by atoms with E-state index in [1.165, 1.54) is 4.90 Å². The van der Waals surface area contributed by atoms with Crippen LogP contribution in [0.2, 0.25) is 0 Å². The molecule has 3 aromatic rings. The van der Waals surface area contributed by atoms with Crippen LogP contribution in [0.5, 0.6) is 0 Å². The molecule has 0 aliphatic carbocycles. The van der Waals surface area contributed by atoms with Crippen LogP contribution < -0.4 is 0 Å². The Labute approximate surface area is 145 Å². The van der Waals surface area contributed by atoms with Crippen LogP contribution in [-0.2, 0) is 10.3 Å². The highest BCUT2D eigenvalue weighted by Crippen LogP contribution is 2.44. The predicted octanol–water partition coefficient (Wildman–Crippen LogP) is 4.60. The van der Waals surface area contributed by atoms with E-state index < -0.39 is 5.60 Å². The molecule has 0 saturated carbocycles. The lowest BCUT2D eigenvalue weighted by molar-refractivity contribution is 0.126. The van der Waals surface area contributed by atoms with Crippen molar-refractivity contribution in [2.24, 2.45) is 0 Å². The zero-order valence-corrected chi connectivity index (χ0v) is 13.9. The van der Waals surface area contributed by atoms with Crippen LogP contribution in [-0.4, -0.2) is 16.5 Å². The SMILES string of the molecule is [OH+]=C1OC(CSc2ccccc2)(c2ccccc2)c2ccccc21. The summed E-state index contributed by atoms with van der Waals surface area (Å²) in [5.41, 5.74) is 2.15. The molecule has 118 valence electrons. The quantitative estimate of drug-likeness (QED) is 0.397. The molecular formula is C21H17O2S+. The fourth-order valence-electron chi connectivity index (χ4n) is 3.11. The Hall–Kier alpha value is -2.52. The molecule has 0 spiro atoms. The van der Waals surface area contributed by atoms with Crippen molar-refractivity contribution in [2.75, 3.05) is 5.75 Å². The minimum Gasteiger partial charge on any atom is -0.335 e. The third-order valence-corrected chi connectivity index (χ3v) is 5.45. The summed E-state index contributed by atoms with van der Waals surface area (Å²) in [4.78, 5) is 11.5. The van der Waals surface area contributed by atoms with Crippen LogP contribution in [0.1, 0.15) is 16.7 Å². The molecule has 3 aromatic carbocycles. The van der Waals surface area contributed by atoms with Crippen molar-refractivity contribution in [3.63, 3.8) is 0 Å². The minimum atomic E-state index is -0.678. The number of thioether (sulfide) groups is 1. The van der Waals surface area contributed by atoms with Gasteiger partial charge in [-0.1, -0.05) is 66.7 Å². The molecule has 24 heavy (non-hydrogen) atoms. The summed E-state index contributed by atoms with van der Waals surface area (Å²) in [6.45, 7) is 0. The van der Waals surface area contributed by atoms with Crippen molar-refractivity contribution in [3.8, 4) is 0 Å². The number of hydrogen-bond donors (Lipinski definition) is 0. The minimum absolute atomic E-state index is 0.00288. The lowest BCUT2D eigenvalue weighted by atomic mass is 9.87. The van der Waals surface area contributed by atoms with Gasteiger partial charge in [0.2, 0.25) is 0 Å². The fourth-order valence-corrected chi connectivity index (χ4v) is 4.21. The van der Waals surface area contributed by atoms with Gasteiger partial charge in [-0.25, -0.2) is 0 Å². The smallest absolute Gasteiger partial charge is 0.335 e. The lowest BCUT2D eigenvalue weighted by Gasteiger charge is -2.23. The van der Waals surface area contributed by atoms with E-state index in [2.05, 4.69) is 24.3 Å². The van der Waals surface area contributed by atoms with E-state index >= 15 is 0 Å². The number of rotatable bonds is 4. The molecule has 1 unspecified atom stereocenters. The molecule has 4 rings (SSSR count). The number of hydrogen-bond acceptors (Lipinski definition) is 2. The van der Waals surface area contributed by atoms with E-state index in [1.54, 1.807) is 11.8 Å². The standard InChI is InChI=1S/C21H16O2S/c22-20-18-13-7-8-14-19(18)21(23-20,16-9-3-1-4-10-16)15-24-17-11-5-2-6-12-17/h1-14H,15H2/p+1. The maximum atomic E-state index is 10.4. The van der Waals surface area contributed by atoms with Gasteiger partial charge in [0, 0.05) is 10.5 Å². The summed E-state index contributed by atoms with van der Waals surface area (Å²) < 4.78 is 6.08. The first-order valence-electron chi connectivity index (χ1n) is 7.88. The number of benzene rings is 3. The van der Waals surface area contributed by atoms with Gasteiger partial charge in [0.1, 0.15) is 5.56 Å². The van der Waals surface area contributed by atoms with Crippen molar-refractivity contribution < 1.29 is 9.53 Å². The summed E-state index contributed by atoms with van der Waals surface area (Å²) in [6.07, 6.45) is 0. The Morgan fingerprint density at radius 3 is 2.17 bits per heavy atom. The molecule has 1 atom stereocenters. The summed E-state index contributed by atoms with van der Waals surface area (Å²) in [6, 6.07) is 28.2. The molecule has 3 heteroatoms. The molecule has 1 N–H and O–H groups in total. The van der Waals surface area contributed by atoms with Crippen molar-refractivity contribution in [1.29, 1.82) is 0 Å². The number of carbonyl (C=O) groups excluding carboxylic acids is 1. The van der Waals surface area contributed by atoms with E-state index in [0.717, 1.165) is 16.7 Å². The third-order valence-electron chi connectivity index (χ3n) is 4.29. The highest BCUT2D eigenvalue weighted by atomic mass is 32.2. The number of ether oxygens (including phenoxy) is 1. The molecule has 0 fully saturated rings. The first-order valence-corrected chi connectivity index (χ1v) is 8.86. The molecular weight excluding hydrogens is 316 g/mol. The van der Waals surface area contributed by atoms with Crippen LogP contribution in [0.3, 0.4) is 0 Å². The van der Waals surface area contributed by atoms with Gasteiger partial charge >= 0.3 is 5.97 Å². The second-order valence-corrected chi connectivity index (χ2v) is 6.80. The van der Waals surface area contributed by atoms with E-state index in [1.807, 2.05) is 60.7 Å². The second-order valence-electron chi connectivity index (χ2n) is 5.75. The number of fused-ring (bicyclic) bond motifs is 1. The van der Waals surface area contributed by atoms with E-state index in [0.29, 0.717) is 5.75 Å². The topological polar surface area (TPSA) is 30.6 Å². The van der Waals surface area contributed by atoms with Crippen LogP contribution in [0, 0.1) is 0 Å². The Balaban J connectivity index is 1.79. The number of esters is 1. The largest absolute Gasteiger partial charge is 0.519 e. The van der Waals surface area contributed by atoms with Gasteiger partial charge in [-0.15, -0.1) is 11.8 Å². The van der Waals surface area contributed by atoms with Crippen LogP contribution in [0.25, 0.3) is 0 Å². The Morgan fingerprint density at radius 1 is 0.792 bits per heavy atom. The normalized spacial score (nSPS) is 18.9. The van der Waals surface area contributed by atoms with Crippen LogP contribution >= 0.6 is 11.8 Å². The maximum Gasteiger partial charge on any atom is 0.519 e. The monoisotopic (exact) mass is 333 g/mol. The Bertz CT molecular complexity index is 861. The van der Waals surface area contributed by atoms with Crippen LogP contribution in [0.4, 0.5) is 0 Å². The first kappa shape index (κ1) is 15.0. The van der Waals surface area contributed by atoms with Crippen molar-refractivity contribution in [1.82, 2.24) is 0 Å². The summed E-state index contributed by atoms with van der Waals surface area (Å²) in [5, 5.41) is 0. The molecule has 0 amide bonds. The molecule has 0 saturated heterocycles. The first-order chi connectivity index (χ1) is 11.8. The van der Waals surface area contributed by atoms with E-state index in [9.17, 15) is 4.79 Å². The molecule has 0 aromatic heterocycles. The van der Waals surface area contributed by atoms with Crippen molar-refractivity contribution in [2.45, 2.75) is 10.5 Å². The van der Waals surface area contributed by atoms with Crippen LogP contribution in [0.15, 0.2) is 89.8 Å². The summed E-state index contributed by atoms with van der Waals surface area (Å²) in [5.74, 6) is 0.686. The van der Waals surface area contributed by atoms with Gasteiger partial charge in [0.15, 0.2) is 0 Å². The zero-order valence-electron chi connectivity index (χ0n) is 13.1. The average Bonchev–Trinajstić information content (AvgIpc) is 2.95. The second kappa shape index (κ2) is 6.17. The average molecular weight is 333 g/mol. The predicted molar refractivity (Wildman–Crippen MR) is 98.0 cm³/mol. The molecule has 1 aliphatic rings. The highest BCUT2D eigenvalue weighted by Gasteiger charge is 2.54. The lowest BCUT2D eigenvalue weighted by Crippen LogP contribution is -2.31. The Kier molecular flexibility index (Phi) is 3.87. The van der Waals surface area contributed by atoms with E-state index in [-0.39, 0.29) is 5.97 Å². The van der Waals surface area contributed by atoms with E-state index in [4.69, 9.17) is 4.74 Å². The van der Waals surface area contributed by atoms with Gasteiger partial charge in [-0.3, -0.25) is 0 Å². The summed E-state index contributed by atoms with van der Waals surface area (Å²) in [7, 11) is 0. The molecule has 1 aliphatic heterocycles. The Morgan fingerprint density at radius 2 is 1.42 bits per heavy atom. The maximum absolute atomic E-state index is 10.4. The van der Waals surface area contributed by atoms with Gasteiger partial charge in [0.05, 0.1) is 11.3 Å².